The van der Waals surface area contributed by atoms with Crippen LogP contribution in [0.3, 0.4) is 0 Å². The number of rotatable bonds is 0. The van der Waals surface area contributed by atoms with Crippen LogP contribution in [0.15, 0.2) is 0 Å². The van der Waals surface area contributed by atoms with E-state index in [2.05, 4.69) is 0 Å². The van der Waals surface area contributed by atoms with Gasteiger partial charge in [-0.15, -0.1) is 0 Å². The van der Waals surface area contributed by atoms with Crippen LogP contribution in [0.4, 0.5) is 0 Å². The molecule has 0 saturated carbocycles. The Labute approximate surface area is 82.6 Å². The Kier molecular flexibility index (Phi) is 13.0. The molecule has 0 atom stereocenters. The Balaban J connectivity index is -0.0000000800. The normalized spacial score (nSPS) is 8.57. The molecule has 7 N–H and O–H groups in total. The van der Waals surface area contributed by atoms with Gasteiger partial charge >= 0.3 is 9.05 Å². The predicted molar refractivity (Wildman–Crippen MR) is 19.7 cm³/mol. The summed E-state index contributed by atoms with van der Waals surface area (Å²) in [6.07, 6.45) is 0. The second-order valence-electron chi connectivity index (χ2n) is 0.600. The van der Waals surface area contributed by atoms with Gasteiger partial charge in [-0.3, -0.25) is 0 Å². The summed E-state index contributed by atoms with van der Waals surface area (Å²) in [6, 6.07) is 0. The van der Waals surface area contributed by atoms with Gasteiger partial charge in [-0.1, -0.05) is 0 Å². The molecule has 0 unspecified atom stereocenters. The third-order valence-electron chi connectivity index (χ3n) is 0. The SMILES string of the molecule is N.O[Si](O)(O)O.[Eu]. The molecule has 0 aromatic rings. The van der Waals surface area contributed by atoms with E-state index in [1.807, 2.05) is 0 Å². The minimum absolute atomic E-state index is 0. The topological polar surface area (TPSA) is 116 Å². The third-order valence-corrected chi connectivity index (χ3v) is 0. The van der Waals surface area contributed by atoms with Crippen LogP contribution in [0.1, 0.15) is 0 Å². The van der Waals surface area contributed by atoms with Gasteiger partial charge in [-0.25, -0.2) is 0 Å². The predicted octanol–water partition coefficient (Wildman–Crippen LogP) is -2.45. The fourth-order valence-electron chi connectivity index (χ4n) is 0. The summed E-state index contributed by atoms with van der Waals surface area (Å²) in [6.45, 7) is 0. The maximum atomic E-state index is 7.33. The Bertz CT molecular complexity index is 27.2. The molecule has 0 bridgehead atoms. The van der Waals surface area contributed by atoms with Crippen molar-refractivity contribution in [3.05, 3.63) is 0 Å². The van der Waals surface area contributed by atoms with E-state index in [0.29, 0.717) is 0 Å². The Morgan fingerprint density at radius 1 is 0.857 bits per heavy atom. The molecule has 0 saturated heterocycles. The van der Waals surface area contributed by atoms with Crippen LogP contribution in [-0.2, 0) is 0 Å². The van der Waals surface area contributed by atoms with Crippen LogP contribution in [0.5, 0.6) is 0 Å². The monoisotopic (exact) mass is 266 g/mol. The van der Waals surface area contributed by atoms with Crippen molar-refractivity contribution in [2.24, 2.45) is 0 Å². The Morgan fingerprint density at radius 3 is 0.857 bits per heavy atom. The molecule has 7 heavy (non-hydrogen) atoms. The molecule has 5 nitrogen and oxygen atoms in total. The van der Waals surface area contributed by atoms with Crippen molar-refractivity contribution in [3.8, 4) is 0 Å². The first-order valence-corrected chi connectivity index (χ1v) is 2.68. The third kappa shape index (κ3) is 93.0. The van der Waals surface area contributed by atoms with Crippen LogP contribution < -0.4 is 6.15 Å². The molecule has 0 aliphatic heterocycles. The molecule has 0 amide bonds. The minimum Gasteiger partial charge on any atom is -0.368 e. The molecular formula is H7EuNO4Si. The quantitative estimate of drug-likeness (QED) is 0.312. The van der Waals surface area contributed by atoms with E-state index >= 15 is 0 Å². The van der Waals surface area contributed by atoms with Crippen molar-refractivity contribution < 1.29 is 68.6 Å². The zero-order chi connectivity index (χ0) is 4.50. The smallest absolute Gasteiger partial charge is 0.368 e. The van der Waals surface area contributed by atoms with E-state index in [-0.39, 0.29) is 55.5 Å². The molecule has 47 valence electrons. The van der Waals surface area contributed by atoms with Crippen molar-refractivity contribution in [2.75, 3.05) is 0 Å². The van der Waals surface area contributed by atoms with E-state index < -0.39 is 9.05 Å². The Morgan fingerprint density at radius 2 is 0.857 bits per heavy atom. The van der Waals surface area contributed by atoms with Crippen molar-refractivity contribution >= 4 is 9.05 Å². The van der Waals surface area contributed by atoms with E-state index in [4.69, 9.17) is 19.2 Å². The number of hydrogen-bond donors (Lipinski definition) is 5. The summed E-state index contributed by atoms with van der Waals surface area (Å²) in [5.41, 5.74) is 0. The van der Waals surface area contributed by atoms with Crippen LogP contribution >= 0.6 is 0 Å². The molecule has 0 aromatic heterocycles. The van der Waals surface area contributed by atoms with E-state index in [9.17, 15) is 0 Å². The molecule has 7 heteroatoms. The molecule has 0 aliphatic rings. The van der Waals surface area contributed by atoms with Gasteiger partial charge in [0.25, 0.3) is 0 Å². The van der Waals surface area contributed by atoms with E-state index in [1.165, 1.54) is 0 Å². The molecule has 0 aromatic carbocycles. The fourth-order valence-corrected chi connectivity index (χ4v) is 0. The van der Waals surface area contributed by atoms with Gasteiger partial charge in [-0.05, 0) is 0 Å². The number of hydrogen-bond acceptors (Lipinski definition) is 5. The maximum Gasteiger partial charge on any atom is 0.668 e. The van der Waals surface area contributed by atoms with Gasteiger partial charge in [0.2, 0.25) is 0 Å². The standard InChI is InChI=1S/Eu.H3N.H4O4Si/c;;1-5(2,3)4/h;1H3;1-4H. The van der Waals surface area contributed by atoms with Gasteiger partial charge in [0.15, 0.2) is 0 Å². The van der Waals surface area contributed by atoms with Gasteiger partial charge in [0.05, 0.1) is 0 Å². The maximum absolute atomic E-state index is 7.33. The molecule has 0 aliphatic carbocycles. The molecule has 0 rings (SSSR count). The molecule has 0 spiro atoms. The summed E-state index contributed by atoms with van der Waals surface area (Å²) in [7, 11) is -4.61. The second kappa shape index (κ2) is 5.73. The first-order valence-electron chi connectivity index (χ1n) is 0.894. The first-order chi connectivity index (χ1) is 2.00. The molecular weight excluding hydrogens is 258 g/mol. The molecule has 0 heterocycles. The second-order valence-corrected chi connectivity index (χ2v) is 1.80. The summed E-state index contributed by atoms with van der Waals surface area (Å²) < 4.78 is 0. The van der Waals surface area contributed by atoms with Crippen LogP contribution in [0.2, 0.25) is 0 Å². The van der Waals surface area contributed by atoms with Gasteiger partial charge < -0.3 is 25.3 Å². The molecule has 0 fully saturated rings. The van der Waals surface area contributed by atoms with E-state index in [0.717, 1.165) is 0 Å². The first kappa shape index (κ1) is 15.8. The Hall–Kier alpha value is 1.60. The van der Waals surface area contributed by atoms with Gasteiger partial charge in [0.1, 0.15) is 0 Å². The zero-order valence-electron chi connectivity index (χ0n) is 3.37. The van der Waals surface area contributed by atoms with Gasteiger partial charge in [0, 0.05) is 49.4 Å². The van der Waals surface area contributed by atoms with Crippen molar-refractivity contribution in [1.82, 2.24) is 6.15 Å². The largest absolute Gasteiger partial charge is 0.668 e. The van der Waals surface area contributed by atoms with E-state index in [1.54, 1.807) is 0 Å². The van der Waals surface area contributed by atoms with Crippen LogP contribution in [0, 0.1) is 49.4 Å². The summed E-state index contributed by atoms with van der Waals surface area (Å²) in [5.74, 6) is 0. The summed E-state index contributed by atoms with van der Waals surface area (Å²) in [5, 5.41) is 0. The summed E-state index contributed by atoms with van der Waals surface area (Å²) in [4.78, 5) is 29.3. The fraction of sp³-hybridized carbons (Fsp3) is 0. The van der Waals surface area contributed by atoms with Crippen molar-refractivity contribution in [3.63, 3.8) is 0 Å². The average Bonchev–Trinajstić information content (AvgIpc) is 0.722. The molecule has 1 radical (unpaired) electrons. The minimum atomic E-state index is -4.61. The zero-order valence-corrected chi connectivity index (χ0v) is 6.80. The van der Waals surface area contributed by atoms with Crippen LogP contribution in [0.25, 0.3) is 0 Å². The average molecular weight is 265 g/mol. The van der Waals surface area contributed by atoms with Crippen LogP contribution in [-0.4, -0.2) is 28.2 Å². The van der Waals surface area contributed by atoms with Crippen molar-refractivity contribution in [1.29, 1.82) is 0 Å². The van der Waals surface area contributed by atoms with Crippen molar-refractivity contribution in [2.45, 2.75) is 0 Å². The van der Waals surface area contributed by atoms with Gasteiger partial charge in [-0.2, -0.15) is 0 Å². The summed E-state index contributed by atoms with van der Waals surface area (Å²) >= 11 is 0.